The van der Waals surface area contributed by atoms with Crippen LogP contribution in [0.25, 0.3) is 0 Å². The number of fused-ring (bicyclic) bond motifs is 1. The predicted molar refractivity (Wildman–Crippen MR) is 97.1 cm³/mol. The first-order chi connectivity index (χ1) is 11.8. The highest BCUT2D eigenvalue weighted by Crippen LogP contribution is 2.60. The van der Waals surface area contributed by atoms with E-state index in [9.17, 15) is 9.59 Å². The molecule has 4 heteroatoms. The predicted octanol–water partition coefficient (Wildman–Crippen LogP) is 2.70. The van der Waals surface area contributed by atoms with Crippen molar-refractivity contribution in [3.63, 3.8) is 0 Å². The van der Waals surface area contributed by atoms with Crippen LogP contribution in [0.4, 0.5) is 0 Å². The molecule has 4 nitrogen and oxygen atoms in total. The Kier molecular flexibility index (Phi) is 3.71. The summed E-state index contributed by atoms with van der Waals surface area (Å²) in [5.41, 5.74) is 5.31. The number of nitrogens with one attached hydrogen (secondary N) is 1. The highest BCUT2D eigenvalue weighted by Gasteiger charge is 2.63. The quantitative estimate of drug-likeness (QED) is 0.900. The van der Waals surface area contributed by atoms with Crippen LogP contribution >= 0.6 is 0 Å². The summed E-state index contributed by atoms with van der Waals surface area (Å²) in [6.07, 6.45) is 2.60. The molecule has 0 radical (unpaired) electrons. The van der Waals surface area contributed by atoms with Gasteiger partial charge in [-0.15, -0.1) is 0 Å². The van der Waals surface area contributed by atoms with Gasteiger partial charge in [0.05, 0.1) is 5.54 Å². The van der Waals surface area contributed by atoms with Crippen molar-refractivity contribution in [2.45, 2.75) is 52.5 Å². The fourth-order valence-corrected chi connectivity index (χ4v) is 5.80. The van der Waals surface area contributed by atoms with Gasteiger partial charge < -0.3 is 10.2 Å². The van der Waals surface area contributed by atoms with E-state index in [-0.39, 0.29) is 11.4 Å². The number of aryl methyl sites for hydroxylation is 2. The average molecular weight is 340 g/mol. The van der Waals surface area contributed by atoms with E-state index in [1.54, 1.807) is 6.92 Å². The molecule has 0 unspecified atom stereocenters. The average Bonchev–Trinajstić information content (AvgIpc) is 2.96. The minimum Gasteiger partial charge on any atom is -0.356 e. The lowest BCUT2D eigenvalue weighted by Crippen LogP contribution is -2.49. The third kappa shape index (κ3) is 2.26. The molecule has 1 aromatic rings. The molecule has 1 N–H and O–H groups in total. The second-order valence-corrected chi connectivity index (χ2v) is 8.41. The molecular weight excluding hydrogens is 312 g/mol. The number of hydrogen-bond donors (Lipinski definition) is 1. The molecule has 1 saturated carbocycles. The highest BCUT2D eigenvalue weighted by atomic mass is 16.2. The maximum absolute atomic E-state index is 12.8. The van der Waals surface area contributed by atoms with Crippen molar-refractivity contribution >= 4 is 11.8 Å². The Balaban J connectivity index is 1.81. The van der Waals surface area contributed by atoms with Crippen molar-refractivity contribution in [1.82, 2.24) is 10.2 Å². The topological polar surface area (TPSA) is 49.4 Å². The van der Waals surface area contributed by atoms with Gasteiger partial charge in [0.15, 0.2) is 0 Å². The molecule has 2 fully saturated rings. The largest absolute Gasteiger partial charge is 0.356 e. The van der Waals surface area contributed by atoms with Gasteiger partial charge in [-0.2, -0.15) is 0 Å². The third-order valence-corrected chi connectivity index (χ3v) is 7.05. The van der Waals surface area contributed by atoms with Crippen molar-refractivity contribution < 1.29 is 9.59 Å². The Morgan fingerprint density at radius 1 is 1.32 bits per heavy atom. The van der Waals surface area contributed by atoms with Crippen LogP contribution in [-0.4, -0.2) is 29.8 Å². The van der Waals surface area contributed by atoms with Gasteiger partial charge >= 0.3 is 0 Å². The monoisotopic (exact) mass is 340 g/mol. The Labute approximate surface area is 150 Å². The van der Waals surface area contributed by atoms with E-state index in [2.05, 4.69) is 43.1 Å². The summed E-state index contributed by atoms with van der Waals surface area (Å²) in [6.45, 7) is 9.73. The Morgan fingerprint density at radius 3 is 2.76 bits per heavy atom. The smallest absolute Gasteiger partial charge is 0.223 e. The summed E-state index contributed by atoms with van der Waals surface area (Å²) in [5, 5.41) is 3.01. The fourth-order valence-electron chi connectivity index (χ4n) is 5.80. The molecule has 4 atom stereocenters. The van der Waals surface area contributed by atoms with Gasteiger partial charge in [0.25, 0.3) is 0 Å². The minimum atomic E-state index is -0.147. The van der Waals surface area contributed by atoms with Crippen LogP contribution in [0.15, 0.2) is 12.1 Å². The minimum absolute atomic E-state index is 0.0184. The van der Waals surface area contributed by atoms with Gasteiger partial charge in [-0.05, 0) is 66.7 Å². The first-order valence-electron chi connectivity index (χ1n) is 9.50. The molecule has 1 saturated heterocycles. The molecule has 25 heavy (non-hydrogen) atoms. The number of benzene rings is 1. The zero-order chi connectivity index (χ0) is 17.9. The van der Waals surface area contributed by atoms with E-state index < -0.39 is 0 Å². The van der Waals surface area contributed by atoms with E-state index in [1.165, 1.54) is 22.3 Å². The van der Waals surface area contributed by atoms with Crippen LogP contribution in [-0.2, 0) is 21.5 Å². The molecule has 0 bridgehead atoms. The maximum Gasteiger partial charge on any atom is 0.223 e. The van der Waals surface area contributed by atoms with E-state index in [4.69, 9.17) is 0 Å². The van der Waals surface area contributed by atoms with E-state index in [0.29, 0.717) is 36.6 Å². The van der Waals surface area contributed by atoms with E-state index in [1.807, 2.05) is 0 Å². The molecule has 2 amide bonds. The SMILES string of the molecule is CC(=O)NC[C@@H]1[C@@H](C)C[C@@]23c4cc(C)c(C)cc4CCN2C(=O)C[C@@H]13. The van der Waals surface area contributed by atoms with Crippen molar-refractivity contribution in [2.75, 3.05) is 13.1 Å². The van der Waals surface area contributed by atoms with Crippen LogP contribution in [0, 0.1) is 31.6 Å². The summed E-state index contributed by atoms with van der Waals surface area (Å²) in [4.78, 5) is 26.4. The summed E-state index contributed by atoms with van der Waals surface area (Å²) in [5.74, 6) is 1.49. The first kappa shape index (κ1) is 16.6. The Bertz CT molecular complexity index is 757. The Morgan fingerprint density at radius 2 is 2.04 bits per heavy atom. The lowest BCUT2D eigenvalue weighted by Gasteiger charge is -2.45. The molecule has 1 aromatic carbocycles. The lowest BCUT2D eigenvalue weighted by molar-refractivity contribution is -0.132. The number of carbonyl (C=O) groups excluding carboxylic acids is 2. The maximum atomic E-state index is 12.8. The van der Waals surface area contributed by atoms with Gasteiger partial charge in [-0.25, -0.2) is 0 Å². The van der Waals surface area contributed by atoms with Crippen LogP contribution in [0.5, 0.6) is 0 Å². The van der Waals surface area contributed by atoms with Crippen LogP contribution in [0.2, 0.25) is 0 Å². The normalized spacial score (nSPS) is 33.0. The number of carbonyl (C=O) groups is 2. The van der Waals surface area contributed by atoms with Gasteiger partial charge in [-0.1, -0.05) is 19.1 Å². The molecule has 1 spiro atoms. The number of nitrogens with zero attached hydrogens (tertiary/aromatic N) is 1. The molecule has 2 heterocycles. The molecule has 3 aliphatic rings. The van der Waals surface area contributed by atoms with Crippen LogP contribution < -0.4 is 5.32 Å². The van der Waals surface area contributed by atoms with Crippen molar-refractivity contribution in [3.05, 3.63) is 34.4 Å². The summed E-state index contributed by atoms with van der Waals surface area (Å²) >= 11 is 0. The van der Waals surface area contributed by atoms with Gasteiger partial charge in [0, 0.05) is 26.4 Å². The van der Waals surface area contributed by atoms with Crippen LogP contribution in [0.3, 0.4) is 0 Å². The number of hydrogen-bond acceptors (Lipinski definition) is 2. The zero-order valence-corrected chi connectivity index (χ0v) is 15.7. The lowest BCUT2D eigenvalue weighted by atomic mass is 9.73. The van der Waals surface area contributed by atoms with Crippen molar-refractivity contribution in [3.8, 4) is 0 Å². The van der Waals surface area contributed by atoms with Crippen LogP contribution in [0.1, 0.15) is 48.9 Å². The zero-order valence-electron chi connectivity index (χ0n) is 15.7. The first-order valence-corrected chi connectivity index (χ1v) is 9.50. The van der Waals surface area contributed by atoms with Crippen molar-refractivity contribution in [1.29, 1.82) is 0 Å². The van der Waals surface area contributed by atoms with E-state index >= 15 is 0 Å². The van der Waals surface area contributed by atoms with Crippen molar-refractivity contribution in [2.24, 2.45) is 17.8 Å². The molecule has 134 valence electrons. The number of amides is 2. The molecule has 0 aromatic heterocycles. The second kappa shape index (κ2) is 5.58. The summed E-state index contributed by atoms with van der Waals surface area (Å²) in [6, 6.07) is 4.68. The van der Waals surface area contributed by atoms with Gasteiger partial charge in [0.2, 0.25) is 11.8 Å². The molecule has 4 rings (SSSR count). The number of rotatable bonds is 2. The Hall–Kier alpha value is -1.84. The molecule has 1 aliphatic carbocycles. The summed E-state index contributed by atoms with van der Waals surface area (Å²) in [7, 11) is 0. The summed E-state index contributed by atoms with van der Waals surface area (Å²) < 4.78 is 0. The van der Waals surface area contributed by atoms with E-state index in [0.717, 1.165) is 19.4 Å². The van der Waals surface area contributed by atoms with Gasteiger partial charge in [0.1, 0.15) is 0 Å². The molecule has 2 aliphatic heterocycles. The fraction of sp³-hybridized carbons (Fsp3) is 0.619. The standard InChI is InChI=1S/C21H28N2O2/c1-12-7-16-5-6-23-20(25)9-19-17(11-22-15(4)24)14(3)10-21(19,23)18(16)8-13(12)2/h7-8,14,17,19H,5-6,9-11H2,1-4H3,(H,22,24)/t14-,17+,19-,21-/m0/s1. The van der Waals surface area contributed by atoms with Gasteiger partial charge in [-0.3, -0.25) is 9.59 Å². The second-order valence-electron chi connectivity index (χ2n) is 8.41. The molecular formula is C21H28N2O2. The highest BCUT2D eigenvalue weighted by molar-refractivity contribution is 5.82. The third-order valence-electron chi connectivity index (χ3n) is 7.05.